The van der Waals surface area contributed by atoms with Crippen molar-refractivity contribution in [3.05, 3.63) is 109 Å². The van der Waals surface area contributed by atoms with Crippen LogP contribution in [0.4, 0.5) is 0 Å². The van der Waals surface area contributed by atoms with E-state index in [-0.39, 0.29) is 25.9 Å². The van der Waals surface area contributed by atoms with Crippen molar-refractivity contribution < 1.29 is 52.2 Å². The lowest BCUT2D eigenvalue weighted by atomic mass is 10.0. The molecule has 0 fully saturated rings. The molecule has 446 valence electrons. The summed E-state index contributed by atoms with van der Waals surface area (Å²) in [4.78, 5) is 48.6. The maximum atomic E-state index is 12.9. The first-order valence-electron chi connectivity index (χ1n) is 30.8. The van der Waals surface area contributed by atoms with Gasteiger partial charge in [-0.15, -0.1) is 0 Å². The van der Waals surface area contributed by atoms with Crippen molar-refractivity contribution in [1.29, 1.82) is 0 Å². The Morgan fingerprint density at radius 1 is 0.372 bits per heavy atom. The van der Waals surface area contributed by atoms with Crippen LogP contribution in [0, 0.1) is 0 Å². The van der Waals surface area contributed by atoms with Crippen LogP contribution in [-0.4, -0.2) is 66.5 Å². The molecule has 0 aliphatic carbocycles. The van der Waals surface area contributed by atoms with Crippen LogP contribution in [-0.2, 0) is 42.2 Å². The molecule has 3 atom stereocenters. The fourth-order valence-corrected chi connectivity index (χ4v) is 8.89. The maximum absolute atomic E-state index is 12.9. The summed E-state index contributed by atoms with van der Waals surface area (Å²) >= 11 is 0. The third kappa shape index (κ3) is 56.8. The Hall–Kier alpha value is -3.86. The molecule has 0 rings (SSSR count). The Morgan fingerprint density at radius 2 is 0.692 bits per heavy atom. The highest BCUT2D eigenvalue weighted by molar-refractivity contribution is 7.47. The molecule has 12 heteroatoms. The molecule has 0 bridgehead atoms. The highest BCUT2D eigenvalue weighted by Gasteiger charge is 2.28. The van der Waals surface area contributed by atoms with Gasteiger partial charge in [0.15, 0.2) is 6.10 Å². The number of ether oxygens (including phenoxy) is 3. The SMILES string of the molecule is CC/C=C\C/C=C\C/C=C\C/C=C\C/C=C\C/C=C\CCC(=O)OC(COC(=O)CCCCC/C=C\C/C=C\C/C=C\CC)COP(=O)(O)OCC(CO)OC(=O)CCCCCCCCCCCCCCCCCCCCC. The van der Waals surface area contributed by atoms with Crippen LogP contribution >= 0.6 is 7.82 Å². The minimum absolute atomic E-state index is 0.0318. The number of aliphatic hydroxyl groups excluding tert-OH is 1. The van der Waals surface area contributed by atoms with E-state index < -0.39 is 57.8 Å². The van der Waals surface area contributed by atoms with Gasteiger partial charge in [-0.3, -0.25) is 23.4 Å². The number of phosphoric acid groups is 1. The van der Waals surface area contributed by atoms with Crippen molar-refractivity contribution in [2.24, 2.45) is 0 Å². The topological polar surface area (TPSA) is 155 Å². The van der Waals surface area contributed by atoms with E-state index in [1.807, 2.05) is 12.2 Å². The predicted molar refractivity (Wildman–Crippen MR) is 325 cm³/mol. The van der Waals surface area contributed by atoms with Crippen molar-refractivity contribution in [3.63, 3.8) is 0 Å². The Bertz CT molecular complexity index is 1720. The second kappa shape index (κ2) is 59.3. The van der Waals surface area contributed by atoms with Crippen LogP contribution in [0.25, 0.3) is 0 Å². The number of rotatable bonds is 56. The van der Waals surface area contributed by atoms with Crippen molar-refractivity contribution >= 4 is 25.7 Å². The minimum atomic E-state index is -4.78. The van der Waals surface area contributed by atoms with E-state index in [2.05, 4.69) is 118 Å². The number of hydrogen-bond donors (Lipinski definition) is 2. The lowest BCUT2D eigenvalue weighted by molar-refractivity contribution is -0.161. The van der Waals surface area contributed by atoms with E-state index in [0.29, 0.717) is 25.7 Å². The molecule has 0 amide bonds. The first kappa shape index (κ1) is 74.1. The van der Waals surface area contributed by atoms with E-state index in [9.17, 15) is 28.9 Å². The summed E-state index contributed by atoms with van der Waals surface area (Å²) in [6.07, 6.45) is 72.1. The lowest BCUT2D eigenvalue weighted by Gasteiger charge is -2.21. The second-order valence-electron chi connectivity index (χ2n) is 20.1. The van der Waals surface area contributed by atoms with Crippen LogP contribution in [0.15, 0.2) is 109 Å². The van der Waals surface area contributed by atoms with Gasteiger partial charge in [0.1, 0.15) is 12.7 Å². The van der Waals surface area contributed by atoms with Crippen LogP contribution in [0.5, 0.6) is 0 Å². The number of unbranched alkanes of at least 4 members (excludes halogenated alkanes) is 21. The van der Waals surface area contributed by atoms with Crippen molar-refractivity contribution in [1.82, 2.24) is 0 Å². The summed E-state index contributed by atoms with van der Waals surface area (Å²) in [5, 5.41) is 9.84. The fourth-order valence-electron chi connectivity index (χ4n) is 8.10. The normalized spacial score (nSPS) is 14.1. The first-order chi connectivity index (χ1) is 38.2. The molecule has 0 aliphatic heterocycles. The lowest BCUT2D eigenvalue weighted by Crippen LogP contribution is -2.30. The van der Waals surface area contributed by atoms with Gasteiger partial charge in [-0.05, 0) is 89.9 Å². The Morgan fingerprint density at radius 3 is 1.10 bits per heavy atom. The van der Waals surface area contributed by atoms with E-state index in [4.69, 9.17) is 23.3 Å². The van der Waals surface area contributed by atoms with Gasteiger partial charge in [-0.25, -0.2) is 4.57 Å². The molecular formula is C66H111O11P. The average Bonchev–Trinajstić information content (AvgIpc) is 3.43. The molecule has 0 saturated carbocycles. The molecule has 0 radical (unpaired) electrons. The van der Waals surface area contributed by atoms with Gasteiger partial charge in [0.25, 0.3) is 0 Å². The molecule has 0 aromatic heterocycles. The Labute approximate surface area is 475 Å². The minimum Gasteiger partial charge on any atom is -0.462 e. The molecule has 0 saturated heterocycles. The first-order valence-corrected chi connectivity index (χ1v) is 32.3. The predicted octanol–water partition coefficient (Wildman–Crippen LogP) is 18.6. The largest absolute Gasteiger partial charge is 0.472 e. The summed E-state index contributed by atoms with van der Waals surface area (Å²) < 4.78 is 39.5. The van der Waals surface area contributed by atoms with Crippen LogP contribution in [0.3, 0.4) is 0 Å². The number of aliphatic hydroxyl groups is 1. The van der Waals surface area contributed by atoms with Gasteiger partial charge >= 0.3 is 25.7 Å². The Balaban J connectivity index is 4.77. The zero-order valence-corrected chi connectivity index (χ0v) is 50.2. The molecule has 3 unspecified atom stereocenters. The number of allylic oxidation sites excluding steroid dienone is 18. The van der Waals surface area contributed by atoms with Crippen LogP contribution < -0.4 is 0 Å². The van der Waals surface area contributed by atoms with E-state index in [0.717, 1.165) is 89.9 Å². The van der Waals surface area contributed by atoms with Crippen molar-refractivity contribution in [2.45, 2.75) is 264 Å². The summed E-state index contributed by atoms with van der Waals surface area (Å²) in [5.41, 5.74) is 0. The van der Waals surface area contributed by atoms with Crippen molar-refractivity contribution in [3.8, 4) is 0 Å². The molecule has 2 N–H and O–H groups in total. The summed E-state index contributed by atoms with van der Waals surface area (Å²) in [5.74, 6) is -1.60. The average molecular weight is 1110 g/mol. The van der Waals surface area contributed by atoms with Crippen LogP contribution in [0.1, 0.15) is 252 Å². The third-order valence-corrected chi connectivity index (χ3v) is 13.7. The summed E-state index contributed by atoms with van der Waals surface area (Å²) in [6.45, 7) is 4.32. The van der Waals surface area contributed by atoms with E-state index >= 15 is 0 Å². The zero-order chi connectivity index (χ0) is 56.9. The van der Waals surface area contributed by atoms with Gasteiger partial charge in [0.2, 0.25) is 0 Å². The van der Waals surface area contributed by atoms with E-state index in [1.165, 1.54) is 96.3 Å². The van der Waals surface area contributed by atoms with Gasteiger partial charge < -0.3 is 24.2 Å². The molecule has 0 heterocycles. The zero-order valence-electron chi connectivity index (χ0n) is 49.3. The summed E-state index contributed by atoms with van der Waals surface area (Å²) in [6, 6.07) is 0. The van der Waals surface area contributed by atoms with Gasteiger partial charge in [0.05, 0.1) is 19.8 Å². The second-order valence-corrected chi connectivity index (χ2v) is 21.6. The van der Waals surface area contributed by atoms with Gasteiger partial charge in [-0.2, -0.15) is 0 Å². The van der Waals surface area contributed by atoms with Gasteiger partial charge in [-0.1, -0.05) is 252 Å². The Kier molecular flexibility index (Phi) is 56.3. The quantitative estimate of drug-likeness (QED) is 0.0197. The molecule has 0 aromatic rings. The molecule has 0 aliphatic rings. The summed E-state index contributed by atoms with van der Waals surface area (Å²) in [7, 11) is -4.78. The smallest absolute Gasteiger partial charge is 0.462 e. The standard InChI is InChI=1S/C66H111O11P/c1-4-7-10-13-16-19-22-25-27-29-31-33-35-38-41-44-47-50-53-56-65(69)76-62(58-67)60-74-78(71,72)75-61-63(59-73-64(68)55-52-49-46-43-40-37-24-21-18-15-12-9-6-3)77-66(70)57-54-51-48-45-42-39-36-34-32-30-28-26-23-20-17-14-11-8-5-2/h8-9,11-12,17-18,20-21,26,28,32,34,37,39-40,42,48,51,62-63,67H,4-7,10,13-16,19,22-25,27,29-31,33,35-36,38,41,43-47,49-50,52-61H2,1-3H3,(H,71,72)/b11-8-,12-9-,20-17-,21-18-,28-26-,34-32-,40-37-,42-39-,51-48-. The van der Waals surface area contributed by atoms with Crippen LogP contribution in [0.2, 0.25) is 0 Å². The molecular weight excluding hydrogens is 1000 g/mol. The number of carbonyl (C=O) groups is 3. The highest BCUT2D eigenvalue weighted by atomic mass is 31.2. The van der Waals surface area contributed by atoms with Gasteiger partial charge in [0, 0.05) is 19.3 Å². The molecule has 0 spiro atoms. The molecule has 78 heavy (non-hydrogen) atoms. The number of phosphoric ester groups is 1. The third-order valence-electron chi connectivity index (χ3n) is 12.7. The number of carbonyl (C=O) groups excluding carboxylic acids is 3. The van der Waals surface area contributed by atoms with E-state index in [1.54, 1.807) is 0 Å². The fraction of sp³-hybridized carbons (Fsp3) is 0.682. The molecule has 0 aromatic carbocycles. The molecule has 11 nitrogen and oxygen atoms in total. The monoisotopic (exact) mass is 1110 g/mol. The highest BCUT2D eigenvalue weighted by Crippen LogP contribution is 2.43. The number of esters is 3. The number of hydrogen-bond acceptors (Lipinski definition) is 10. The maximum Gasteiger partial charge on any atom is 0.472 e. The van der Waals surface area contributed by atoms with Crippen molar-refractivity contribution in [2.75, 3.05) is 26.4 Å².